The fourth-order valence-corrected chi connectivity index (χ4v) is 4.25. The second kappa shape index (κ2) is 11.2. The van der Waals surface area contributed by atoms with Gasteiger partial charge in [-0.15, -0.1) is 11.3 Å². The minimum absolute atomic E-state index is 0.0875. The number of aromatic nitrogens is 1. The summed E-state index contributed by atoms with van der Waals surface area (Å²) in [7, 11) is 0. The normalized spacial score (nSPS) is 10.5. The van der Waals surface area contributed by atoms with Crippen LogP contribution < -0.4 is 25.3 Å². The van der Waals surface area contributed by atoms with Crippen molar-refractivity contribution in [2.75, 3.05) is 18.9 Å². The van der Waals surface area contributed by atoms with Crippen molar-refractivity contribution in [3.05, 3.63) is 76.8 Å². The standard InChI is InChI=1S/C25H22N4O5S/c26-11-16-4-6-17(7-5-16)13-32-19-2-1-3-20(10-19)33-14-18-15-35-23-21(12-29-24(27)22(18)23)34-25(31)28-8-9-30/h1-7,10,12,15,30H,8-9,13-14H2,(H2,27,29)(H,28,31). The number of carbonyl (C=O) groups is 1. The highest BCUT2D eigenvalue weighted by Gasteiger charge is 2.16. The number of nitrogens with one attached hydrogen (secondary N) is 1. The Morgan fingerprint density at radius 3 is 2.60 bits per heavy atom. The van der Waals surface area contributed by atoms with Crippen LogP contribution in [0.5, 0.6) is 17.2 Å². The predicted molar refractivity (Wildman–Crippen MR) is 131 cm³/mol. The average Bonchev–Trinajstić information content (AvgIpc) is 3.32. The summed E-state index contributed by atoms with van der Waals surface area (Å²) in [5.74, 6) is 1.85. The van der Waals surface area contributed by atoms with Crippen LogP contribution in [-0.4, -0.2) is 29.3 Å². The van der Waals surface area contributed by atoms with Crippen LogP contribution in [-0.2, 0) is 13.2 Å². The number of aliphatic hydroxyl groups excluding tert-OH is 1. The molecule has 4 N–H and O–H groups in total. The number of nitrogens with two attached hydrogens (primary N) is 1. The van der Waals surface area contributed by atoms with Crippen molar-refractivity contribution in [3.8, 4) is 23.3 Å². The quantitative estimate of drug-likeness (QED) is 0.320. The van der Waals surface area contributed by atoms with Gasteiger partial charge in [0.25, 0.3) is 0 Å². The number of benzene rings is 2. The molecule has 1 amide bonds. The SMILES string of the molecule is N#Cc1ccc(COc2cccc(OCc3csc4c(OC(=O)NCCO)cnc(N)c34)c2)cc1. The third kappa shape index (κ3) is 5.97. The van der Waals surface area contributed by atoms with E-state index in [0.29, 0.717) is 39.6 Å². The van der Waals surface area contributed by atoms with Gasteiger partial charge in [0.05, 0.1) is 29.1 Å². The van der Waals surface area contributed by atoms with Crippen LogP contribution in [0.2, 0.25) is 0 Å². The summed E-state index contributed by atoms with van der Waals surface area (Å²) in [6, 6.07) is 16.6. The number of ether oxygens (including phenoxy) is 3. The Kier molecular flexibility index (Phi) is 7.62. The lowest BCUT2D eigenvalue weighted by Gasteiger charge is -2.10. The van der Waals surface area contributed by atoms with Gasteiger partial charge in [0.15, 0.2) is 5.75 Å². The largest absolute Gasteiger partial charge is 0.489 e. The van der Waals surface area contributed by atoms with Crippen molar-refractivity contribution in [2.24, 2.45) is 0 Å². The number of amides is 1. The van der Waals surface area contributed by atoms with Crippen LogP contribution in [0.25, 0.3) is 10.1 Å². The number of fused-ring (bicyclic) bond motifs is 1. The van der Waals surface area contributed by atoms with Gasteiger partial charge in [0.2, 0.25) is 0 Å². The van der Waals surface area contributed by atoms with Gasteiger partial charge >= 0.3 is 6.09 Å². The molecule has 10 heteroatoms. The maximum atomic E-state index is 11.9. The summed E-state index contributed by atoms with van der Waals surface area (Å²) in [6.07, 6.45) is 0.711. The van der Waals surface area contributed by atoms with E-state index < -0.39 is 6.09 Å². The lowest BCUT2D eigenvalue weighted by molar-refractivity contribution is 0.196. The Morgan fingerprint density at radius 1 is 1.14 bits per heavy atom. The van der Waals surface area contributed by atoms with E-state index in [2.05, 4.69) is 16.4 Å². The number of carbonyl (C=O) groups excluding carboxylic acids is 1. The van der Waals surface area contributed by atoms with E-state index in [9.17, 15) is 4.79 Å². The first-order chi connectivity index (χ1) is 17.1. The van der Waals surface area contributed by atoms with Gasteiger partial charge in [-0.3, -0.25) is 0 Å². The molecule has 0 fully saturated rings. The molecular weight excluding hydrogens is 468 g/mol. The molecule has 0 unspecified atom stereocenters. The summed E-state index contributed by atoms with van der Waals surface area (Å²) in [4.78, 5) is 16.0. The summed E-state index contributed by atoms with van der Waals surface area (Å²) < 4.78 is 17.8. The minimum Gasteiger partial charge on any atom is -0.489 e. The predicted octanol–water partition coefficient (Wildman–Crippen LogP) is 3.99. The van der Waals surface area contributed by atoms with E-state index in [1.165, 1.54) is 17.5 Å². The van der Waals surface area contributed by atoms with Crippen LogP contribution in [0.4, 0.5) is 10.6 Å². The second-order valence-corrected chi connectivity index (χ2v) is 8.25. The highest BCUT2D eigenvalue weighted by Crippen LogP contribution is 2.37. The first-order valence-corrected chi connectivity index (χ1v) is 11.5. The zero-order valence-corrected chi connectivity index (χ0v) is 19.4. The van der Waals surface area contributed by atoms with Gasteiger partial charge in [0, 0.05) is 23.6 Å². The molecule has 4 rings (SSSR count). The van der Waals surface area contributed by atoms with E-state index in [-0.39, 0.29) is 25.5 Å². The average molecular weight is 491 g/mol. The molecule has 35 heavy (non-hydrogen) atoms. The Morgan fingerprint density at radius 2 is 1.89 bits per heavy atom. The number of rotatable bonds is 9. The minimum atomic E-state index is -0.684. The second-order valence-electron chi connectivity index (χ2n) is 7.37. The number of anilines is 1. The molecule has 178 valence electrons. The molecule has 0 spiro atoms. The molecule has 0 aliphatic rings. The molecule has 2 aromatic heterocycles. The molecule has 4 aromatic rings. The van der Waals surface area contributed by atoms with Crippen LogP contribution in [0.15, 0.2) is 60.1 Å². The Bertz CT molecular complexity index is 1360. The number of nitrogens with zero attached hydrogens (tertiary/aromatic N) is 2. The van der Waals surface area contributed by atoms with Crippen LogP contribution in [0, 0.1) is 11.3 Å². The van der Waals surface area contributed by atoms with Crippen molar-refractivity contribution in [3.63, 3.8) is 0 Å². The van der Waals surface area contributed by atoms with E-state index in [1.807, 2.05) is 35.7 Å². The van der Waals surface area contributed by atoms with E-state index in [4.69, 9.17) is 30.3 Å². The maximum Gasteiger partial charge on any atom is 0.412 e. The van der Waals surface area contributed by atoms with Gasteiger partial charge in [-0.1, -0.05) is 18.2 Å². The molecule has 0 saturated carbocycles. The lowest BCUT2D eigenvalue weighted by Crippen LogP contribution is -2.29. The fourth-order valence-electron chi connectivity index (χ4n) is 3.24. The van der Waals surface area contributed by atoms with E-state index >= 15 is 0 Å². The van der Waals surface area contributed by atoms with E-state index in [1.54, 1.807) is 18.2 Å². The zero-order valence-electron chi connectivity index (χ0n) is 18.6. The third-order valence-electron chi connectivity index (χ3n) is 4.94. The van der Waals surface area contributed by atoms with Gasteiger partial charge < -0.3 is 30.4 Å². The maximum absolute atomic E-state index is 11.9. The number of hydrogen-bond acceptors (Lipinski definition) is 9. The van der Waals surface area contributed by atoms with Gasteiger partial charge in [-0.25, -0.2) is 9.78 Å². The molecule has 0 aliphatic heterocycles. The molecule has 0 atom stereocenters. The molecule has 0 saturated heterocycles. The Hall–Kier alpha value is -4.33. The van der Waals surface area contributed by atoms with Crippen LogP contribution in [0.1, 0.15) is 16.7 Å². The van der Waals surface area contributed by atoms with Crippen LogP contribution in [0.3, 0.4) is 0 Å². The summed E-state index contributed by atoms with van der Waals surface area (Å²) in [5.41, 5.74) is 8.46. The van der Waals surface area contributed by atoms with E-state index in [0.717, 1.165) is 11.1 Å². The number of aliphatic hydroxyl groups is 1. The van der Waals surface area contributed by atoms with Crippen molar-refractivity contribution < 1.29 is 24.1 Å². The van der Waals surface area contributed by atoms with Crippen molar-refractivity contribution in [1.29, 1.82) is 5.26 Å². The Balaban J connectivity index is 1.42. The molecule has 0 bridgehead atoms. The van der Waals surface area contributed by atoms with Crippen molar-refractivity contribution in [2.45, 2.75) is 13.2 Å². The van der Waals surface area contributed by atoms with Gasteiger partial charge in [-0.05, 0) is 35.2 Å². The number of hydrogen-bond donors (Lipinski definition) is 3. The Labute approximate surface area is 205 Å². The highest BCUT2D eigenvalue weighted by molar-refractivity contribution is 7.17. The summed E-state index contributed by atoms with van der Waals surface area (Å²) in [6.45, 7) is 0.489. The van der Waals surface area contributed by atoms with Crippen molar-refractivity contribution in [1.82, 2.24) is 10.3 Å². The molecule has 2 aromatic carbocycles. The molecule has 0 radical (unpaired) electrons. The first-order valence-electron chi connectivity index (χ1n) is 10.6. The van der Waals surface area contributed by atoms with Crippen molar-refractivity contribution >= 4 is 33.3 Å². The zero-order chi connectivity index (χ0) is 24.6. The topological polar surface area (TPSA) is 140 Å². The highest BCUT2D eigenvalue weighted by atomic mass is 32.1. The molecule has 9 nitrogen and oxygen atoms in total. The third-order valence-corrected chi connectivity index (χ3v) is 5.98. The summed E-state index contributed by atoms with van der Waals surface area (Å²) in [5, 5.41) is 22.7. The molecule has 0 aliphatic carbocycles. The lowest BCUT2D eigenvalue weighted by atomic mass is 10.2. The monoisotopic (exact) mass is 490 g/mol. The van der Waals surface area contributed by atoms with Gasteiger partial charge in [0.1, 0.15) is 30.5 Å². The van der Waals surface area contributed by atoms with Gasteiger partial charge in [-0.2, -0.15) is 5.26 Å². The summed E-state index contributed by atoms with van der Waals surface area (Å²) >= 11 is 1.37. The number of nitrogen functional groups attached to an aromatic ring is 1. The fraction of sp³-hybridized carbons (Fsp3) is 0.160. The number of nitriles is 1. The van der Waals surface area contributed by atoms with Crippen LogP contribution >= 0.6 is 11.3 Å². The number of thiophene rings is 1. The number of pyridine rings is 1. The molecular formula is C25H22N4O5S. The first kappa shape index (κ1) is 23.8. The molecule has 2 heterocycles. The smallest absolute Gasteiger partial charge is 0.412 e.